The van der Waals surface area contributed by atoms with Crippen LogP contribution < -0.4 is 4.72 Å². The Kier molecular flexibility index (Phi) is 5.06. The molecule has 0 amide bonds. The maximum atomic E-state index is 12.3. The number of hydrogen-bond donors (Lipinski definition) is 1. The monoisotopic (exact) mass is 339 g/mol. The van der Waals surface area contributed by atoms with Crippen LogP contribution in [-0.4, -0.2) is 33.5 Å². The molecule has 5 nitrogen and oxygen atoms in total. The van der Waals surface area contributed by atoms with Gasteiger partial charge in [-0.15, -0.1) is 0 Å². The highest BCUT2D eigenvalue weighted by Gasteiger charge is 2.42. The molecular formula is C17H25NO4S. The van der Waals surface area contributed by atoms with Crippen molar-refractivity contribution in [2.75, 3.05) is 13.2 Å². The highest BCUT2D eigenvalue weighted by atomic mass is 32.2. The number of hydrogen-bond acceptors (Lipinski definition) is 4. The highest BCUT2D eigenvalue weighted by molar-refractivity contribution is 7.89. The Morgan fingerprint density at radius 2 is 1.87 bits per heavy atom. The molecule has 1 aromatic rings. The summed E-state index contributed by atoms with van der Waals surface area (Å²) in [6, 6.07) is 6.99. The summed E-state index contributed by atoms with van der Waals surface area (Å²) < 4.78 is 39.2. The minimum Gasteiger partial charge on any atom is -0.347 e. The summed E-state index contributed by atoms with van der Waals surface area (Å²) >= 11 is 0. The van der Waals surface area contributed by atoms with Crippen LogP contribution in [0.1, 0.15) is 44.6 Å². The topological polar surface area (TPSA) is 64.6 Å². The molecule has 2 aliphatic rings. The fourth-order valence-electron chi connectivity index (χ4n) is 3.26. The van der Waals surface area contributed by atoms with Crippen molar-refractivity contribution in [3.05, 3.63) is 29.8 Å². The lowest BCUT2D eigenvalue weighted by Gasteiger charge is -2.31. The second kappa shape index (κ2) is 6.89. The predicted octanol–water partition coefficient (Wildman–Crippen LogP) is 2.60. The number of rotatable bonds is 5. The minimum absolute atomic E-state index is 0.210. The molecule has 0 radical (unpaired) electrons. The summed E-state index contributed by atoms with van der Waals surface area (Å²) in [5, 5.41) is 0. The van der Waals surface area contributed by atoms with Crippen molar-refractivity contribution in [3.63, 3.8) is 0 Å². The number of aryl methyl sites for hydroxylation is 1. The van der Waals surface area contributed by atoms with Crippen LogP contribution in [0.2, 0.25) is 0 Å². The van der Waals surface area contributed by atoms with Crippen molar-refractivity contribution in [2.45, 2.75) is 62.2 Å². The van der Waals surface area contributed by atoms with Gasteiger partial charge in [-0.1, -0.05) is 25.5 Å². The fourth-order valence-corrected chi connectivity index (χ4v) is 4.33. The van der Waals surface area contributed by atoms with Gasteiger partial charge in [-0.3, -0.25) is 0 Å². The second-order valence-electron chi connectivity index (χ2n) is 6.37. The molecule has 0 aromatic heterocycles. The van der Waals surface area contributed by atoms with E-state index in [-0.39, 0.29) is 12.6 Å². The third-order valence-corrected chi connectivity index (χ3v) is 6.11. The van der Waals surface area contributed by atoms with Gasteiger partial charge in [0.2, 0.25) is 10.0 Å². The Balaban J connectivity index is 1.57. The fraction of sp³-hybridized carbons (Fsp3) is 0.647. The molecule has 1 saturated heterocycles. The van der Waals surface area contributed by atoms with Crippen LogP contribution in [0.5, 0.6) is 0 Å². The maximum Gasteiger partial charge on any atom is 0.240 e. The van der Waals surface area contributed by atoms with Crippen LogP contribution in [-0.2, 0) is 25.9 Å². The number of sulfonamides is 1. The SMILES string of the molecule is CCc1ccc(S(=O)(=O)NCC2COC3(CCCCC3)O2)cc1. The first-order valence-electron chi connectivity index (χ1n) is 8.43. The third-order valence-electron chi connectivity index (χ3n) is 4.67. The van der Waals surface area contributed by atoms with Gasteiger partial charge in [0, 0.05) is 19.4 Å². The molecule has 3 rings (SSSR count). The number of nitrogens with one attached hydrogen (secondary N) is 1. The van der Waals surface area contributed by atoms with Gasteiger partial charge in [0.15, 0.2) is 5.79 Å². The molecule has 6 heteroatoms. The van der Waals surface area contributed by atoms with Crippen LogP contribution in [0.3, 0.4) is 0 Å². The molecular weight excluding hydrogens is 314 g/mol. The average Bonchev–Trinajstić information content (AvgIpc) is 2.96. The van der Waals surface area contributed by atoms with E-state index in [2.05, 4.69) is 4.72 Å². The van der Waals surface area contributed by atoms with Crippen molar-refractivity contribution in [1.29, 1.82) is 0 Å². The largest absolute Gasteiger partial charge is 0.347 e. The lowest BCUT2D eigenvalue weighted by molar-refractivity contribution is -0.186. The predicted molar refractivity (Wildman–Crippen MR) is 87.6 cm³/mol. The van der Waals surface area contributed by atoms with E-state index in [4.69, 9.17) is 9.47 Å². The van der Waals surface area contributed by atoms with Crippen molar-refractivity contribution < 1.29 is 17.9 Å². The summed E-state index contributed by atoms with van der Waals surface area (Å²) in [5.74, 6) is -0.461. The van der Waals surface area contributed by atoms with E-state index in [0.29, 0.717) is 11.5 Å². The molecule has 1 atom stereocenters. The molecule has 1 aliphatic carbocycles. The standard InChI is InChI=1S/C17H25NO4S/c1-2-14-6-8-16(9-7-14)23(19,20)18-12-15-13-21-17(22-15)10-4-3-5-11-17/h6-9,15,18H,2-5,10-13H2,1H3. The van der Waals surface area contributed by atoms with Gasteiger partial charge in [0.1, 0.15) is 0 Å². The lowest BCUT2D eigenvalue weighted by atomic mass is 9.94. The van der Waals surface area contributed by atoms with Gasteiger partial charge in [-0.05, 0) is 37.0 Å². The van der Waals surface area contributed by atoms with E-state index in [1.165, 1.54) is 6.42 Å². The molecule has 23 heavy (non-hydrogen) atoms. The molecule has 1 unspecified atom stereocenters. The zero-order valence-electron chi connectivity index (χ0n) is 13.6. The number of ether oxygens (including phenoxy) is 2. The summed E-state index contributed by atoms with van der Waals surface area (Å²) in [5.41, 5.74) is 1.12. The quantitative estimate of drug-likeness (QED) is 0.895. The molecule has 1 aromatic carbocycles. The van der Waals surface area contributed by atoms with E-state index in [1.807, 2.05) is 19.1 Å². The van der Waals surface area contributed by atoms with Crippen molar-refractivity contribution in [1.82, 2.24) is 4.72 Å². The molecule has 1 spiro atoms. The molecule has 2 fully saturated rings. The first kappa shape index (κ1) is 16.9. The van der Waals surface area contributed by atoms with Crippen molar-refractivity contribution in [2.24, 2.45) is 0 Å². The van der Waals surface area contributed by atoms with Gasteiger partial charge in [0.25, 0.3) is 0 Å². The van der Waals surface area contributed by atoms with Gasteiger partial charge in [-0.2, -0.15) is 0 Å². The Bertz CT molecular complexity index is 620. The summed E-state index contributed by atoms with van der Waals surface area (Å²) in [7, 11) is -3.50. The molecule has 1 aliphatic heterocycles. The van der Waals surface area contributed by atoms with Gasteiger partial charge in [-0.25, -0.2) is 13.1 Å². The third kappa shape index (κ3) is 3.94. The number of benzene rings is 1. The average molecular weight is 339 g/mol. The van der Waals surface area contributed by atoms with Gasteiger partial charge >= 0.3 is 0 Å². The van der Waals surface area contributed by atoms with Crippen LogP contribution >= 0.6 is 0 Å². The molecule has 1 N–H and O–H groups in total. The highest BCUT2D eigenvalue weighted by Crippen LogP contribution is 2.37. The van der Waals surface area contributed by atoms with Gasteiger partial charge < -0.3 is 9.47 Å². The first-order chi connectivity index (χ1) is 11.0. The second-order valence-corrected chi connectivity index (χ2v) is 8.14. The first-order valence-corrected chi connectivity index (χ1v) is 9.92. The Morgan fingerprint density at radius 3 is 2.52 bits per heavy atom. The van der Waals surface area contributed by atoms with E-state index in [0.717, 1.165) is 37.7 Å². The molecule has 1 heterocycles. The Labute approximate surface area is 138 Å². The molecule has 128 valence electrons. The smallest absolute Gasteiger partial charge is 0.240 e. The van der Waals surface area contributed by atoms with E-state index in [9.17, 15) is 8.42 Å². The van der Waals surface area contributed by atoms with Crippen LogP contribution in [0.15, 0.2) is 29.2 Å². The molecule has 0 bridgehead atoms. The zero-order valence-corrected chi connectivity index (χ0v) is 14.4. The van der Waals surface area contributed by atoms with E-state index >= 15 is 0 Å². The van der Waals surface area contributed by atoms with Crippen LogP contribution in [0, 0.1) is 0 Å². The Morgan fingerprint density at radius 1 is 1.17 bits per heavy atom. The van der Waals surface area contributed by atoms with E-state index < -0.39 is 15.8 Å². The summed E-state index contributed by atoms with van der Waals surface area (Å²) in [6.45, 7) is 2.75. The van der Waals surface area contributed by atoms with E-state index in [1.54, 1.807) is 12.1 Å². The zero-order chi connectivity index (χ0) is 16.3. The Hall–Kier alpha value is -0.950. The van der Waals surface area contributed by atoms with Crippen LogP contribution in [0.25, 0.3) is 0 Å². The maximum absolute atomic E-state index is 12.3. The van der Waals surface area contributed by atoms with Crippen molar-refractivity contribution >= 4 is 10.0 Å². The van der Waals surface area contributed by atoms with Crippen LogP contribution in [0.4, 0.5) is 0 Å². The molecule has 1 saturated carbocycles. The van der Waals surface area contributed by atoms with Crippen molar-refractivity contribution in [3.8, 4) is 0 Å². The minimum atomic E-state index is -3.50. The van der Waals surface area contributed by atoms with Gasteiger partial charge in [0.05, 0.1) is 17.6 Å². The summed E-state index contributed by atoms with van der Waals surface area (Å²) in [4.78, 5) is 0.293. The summed E-state index contributed by atoms with van der Waals surface area (Å²) in [6.07, 6.45) is 5.95. The normalized spacial score (nSPS) is 24.1. The lowest BCUT2D eigenvalue weighted by Crippen LogP contribution is -2.37.